The van der Waals surface area contributed by atoms with Crippen LogP contribution in [0.15, 0.2) is 29.3 Å². The van der Waals surface area contributed by atoms with Crippen molar-refractivity contribution in [1.82, 2.24) is 10.6 Å². The van der Waals surface area contributed by atoms with Crippen LogP contribution in [0.5, 0.6) is 0 Å². The van der Waals surface area contributed by atoms with Crippen molar-refractivity contribution in [3.63, 3.8) is 0 Å². The van der Waals surface area contributed by atoms with Gasteiger partial charge in [0.15, 0.2) is 5.96 Å². The molecule has 7 heteroatoms. The predicted octanol–water partition coefficient (Wildman–Crippen LogP) is 3.00. The van der Waals surface area contributed by atoms with Crippen molar-refractivity contribution in [3.05, 3.63) is 39.9 Å². The summed E-state index contributed by atoms with van der Waals surface area (Å²) in [7, 11) is 1.68. The molecule has 138 valence electrons. The first-order valence-corrected chi connectivity index (χ1v) is 8.99. The van der Waals surface area contributed by atoms with Gasteiger partial charge in [0, 0.05) is 31.8 Å². The maximum absolute atomic E-state index is 11.0. The largest absolute Gasteiger partial charge is 0.376 e. The number of para-hydroxylation sites is 1. The summed E-state index contributed by atoms with van der Waals surface area (Å²) in [5.41, 5.74) is 0.743. The molecule has 1 aromatic rings. The van der Waals surface area contributed by atoms with Crippen molar-refractivity contribution in [2.45, 2.75) is 51.2 Å². The van der Waals surface area contributed by atoms with Crippen molar-refractivity contribution in [3.8, 4) is 0 Å². The molecule has 0 radical (unpaired) electrons. The van der Waals surface area contributed by atoms with Crippen LogP contribution in [0.2, 0.25) is 0 Å². The average Bonchev–Trinajstić information content (AvgIpc) is 2.90. The van der Waals surface area contributed by atoms with Gasteiger partial charge >= 0.3 is 0 Å². The second-order valence-corrected chi connectivity index (χ2v) is 6.22. The van der Waals surface area contributed by atoms with Crippen LogP contribution in [0.25, 0.3) is 0 Å². The number of nitro benzene ring substituents is 1. The summed E-state index contributed by atoms with van der Waals surface area (Å²) in [5.74, 6) is 0.614. The van der Waals surface area contributed by atoms with E-state index >= 15 is 0 Å². The number of nitro groups is 1. The van der Waals surface area contributed by atoms with E-state index in [1.807, 2.05) is 0 Å². The lowest BCUT2D eigenvalue weighted by atomic mass is 10.1. The molecule has 0 saturated heterocycles. The number of hydrogen-bond acceptors (Lipinski definition) is 4. The minimum absolute atomic E-state index is 0.113. The smallest absolute Gasteiger partial charge is 0.274 e. The number of hydrogen-bond donors (Lipinski definition) is 2. The van der Waals surface area contributed by atoms with E-state index in [4.69, 9.17) is 4.74 Å². The monoisotopic (exact) mass is 348 g/mol. The molecule has 2 rings (SSSR count). The Bertz CT molecular complexity index is 569. The van der Waals surface area contributed by atoms with E-state index in [0.29, 0.717) is 37.3 Å². The number of aliphatic imine (C=N–C) groups is 1. The van der Waals surface area contributed by atoms with Crippen molar-refractivity contribution in [2.24, 2.45) is 4.99 Å². The maximum atomic E-state index is 11.0. The summed E-state index contributed by atoms with van der Waals surface area (Å²) < 4.78 is 5.94. The Morgan fingerprint density at radius 1 is 1.24 bits per heavy atom. The first kappa shape index (κ1) is 19.2. The van der Waals surface area contributed by atoms with Crippen LogP contribution in [0.4, 0.5) is 5.69 Å². The molecule has 0 unspecified atom stereocenters. The zero-order valence-corrected chi connectivity index (χ0v) is 14.9. The molecule has 0 aromatic heterocycles. The number of rotatable bonds is 7. The van der Waals surface area contributed by atoms with Gasteiger partial charge in [-0.25, -0.2) is 0 Å². The molecule has 7 nitrogen and oxygen atoms in total. The van der Waals surface area contributed by atoms with Crippen LogP contribution in [0, 0.1) is 10.1 Å². The molecule has 25 heavy (non-hydrogen) atoms. The summed E-state index contributed by atoms with van der Waals surface area (Å²) in [5, 5.41) is 17.3. The molecule has 0 spiro atoms. The number of benzene rings is 1. The number of nitrogens with zero attached hydrogens (tertiary/aromatic N) is 2. The van der Waals surface area contributed by atoms with Crippen LogP contribution >= 0.6 is 0 Å². The highest BCUT2D eigenvalue weighted by atomic mass is 16.6. The number of ether oxygens (including phenoxy) is 1. The predicted molar refractivity (Wildman–Crippen MR) is 98.7 cm³/mol. The third kappa shape index (κ3) is 6.70. The molecule has 1 saturated carbocycles. The summed E-state index contributed by atoms with van der Waals surface area (Å²) in [6.07, 6.45) is 7.86. The van der Waals surface area contributed by atoms with Gasteiger partial charge in [-0.15, -0.1) is 0 Å². The van der Waals surface area contributed by atoms with Crippen molar-refractivity contribution in [1.29, 1.82) is 0 Å². The van der Waals surface area contributed by atoms with E-state index in [1.54, 1.807) is 25.2 Å². The molecular formula is C18H28N4O3. The summed E-state index contributed by atoms with van der Waals surface area (Å²) in [6.45, 7) is 1.64. The molecule has 0 bridgehead atoms. The summed E-state index contributed by atoms with van der Waals surface area (Å²) >= 11 is 0. The van der Waals surface area contributed by atoms with Gasteiger partial charge in [-0.2, -0.15) is 0 Å². The molecule has 1 aliphatic rings. The van der Waals surface area contributed by atoms with Crippen molar-refractivity contribution < 1.29 is 9.66 Å². The fraction of sp³-hybridized carbons (Fsp3) is 0.611. The van der Waals surface area contributed by atoms with Crippen LogP contribution in [0.3, 0.4) is 0 Å². The van der Waals surface area contributed by atoms with Gasteiger partial charge in [-0.1, -0.05) is 43.9 Å². The van der Waals surface area contributed by atoms with Crippen molar-refractivity contribution in [2.75, 3.05) is 20.2 Å². The van der Waals surface area contributed by atoms with Gasteiger partial charge in [0.2, 0.25) is 0 Å². The molecule has 0 amide bonds. The van der Waals surface area contributed by atoms with Crippen LogP contribution < -0.4 is 10.6 Å². The Hall–Kier alpha value is -2.15. The zero-order chi connectivity index (χ0) is 17.9. The van der Waals surface area contributed by atoms with Gasteiger partial charge in [0.05, 0.1) is 17.6 Å². The van der Waals surface area contributed by atoms with E-state index in [1.165, 1.54) is 31.7 Å². The van der Waals surface area contributed by atoms with Crippen LogP contribution in [-0.4, -0.2) is 37.2 Å². The lowest BCUT2D eigenvalue weighted by Crippen LogP contribution is -2.39. The fourth-order valence-corrected chi connectivity index (χ4v) is 3.04. The Morgan fingerprint density at radius 2 is 1.96 bits per heavy atom. The van der Waals surface area contributed by atoms with E-state index < -0.39 is 0 Å². The minimum Gasteiger partial charge on any atom is -0.376 e. The van der Waals surface area contributed by atoms with Crippen LogP contribution in [-0.2, 0) is 11.3 Å². The maximum Gasteiger partial charge on any atom is 0.274 e. The van der Waals surface area contributed by atoms with Crippen LogP contribution in [0.1, 0.15) is 44.1 Å². The van der Waals surface area contributed by atoms with E-state index in [0.717, 1.165) is 12.8 Å². The molecule has 0 aliphatic heterocycles. The summed E-state index contributed by atoms with van der Waals surface area (Å²) in [4.78, 5) is 14.8. The number of nitrogens with one attached hydrogen (secondary N) is 2. The molecule has 0 heterocycles. The Morgan fingerprint density at radius 3 is 2.64 bits per heavy atom. The third-order valence-corrected chi connectivity index (χ3v) is 4.41. The number of guanidine groups is 1. The highest BCUT2D eigenvalue weighted by Crippen LogP contribution is 2.19. The van der Waals surface area contributed by atoms with E-state index in [-0.39, 0.29) is 10.6 Å². The standard InChI is InChI=1S/C18H28N4O3/c1-19-18(20-12-13-25-16-9-4-2-3-5-10-16)21-14-15-8-6-7-11-17(15)22(23)24/h6-8,11,16H,2-5,9-10,12-14H2,1H3,(H2,19,20,21). The molecule has 2 N–H and O–H groups in total. The lowest BCUT2D eigenvalue weighted by Gasteiger charge is -2.16. The highest BCUT2D eigenvalue weighted by molar-refractivity contribution is 5.79. The Kier molecular flexibility index (Phi) is 8.18. The second kappa shape index (κ2) is 10.7. The molecule has 1 aliphatic carbocycles. The van der Waals surface area contributed by atoms with Gasteiger partial charge in [0.1, 0.15) is 0 Å². The topological polar surface area (TPSA) is 88.8 Å². The molecule has 0 atom stereocenters. The van der Waals surface area contributed by atoms with Gasteiger partial charge in [0.25, 0.3) is 5.69 Å². The SMILES string of the molecule is CN=C(NCCOC1CCCCCC1)NCc1ccccc1[N+](=O)[O-]. The first-order valence-electron chi connectivity index (χ1n) is 8.99. The summed E-state index contributed by atoms with van der Waals surface area (Å²) in [6, 6.07) is 6.71. The Balaban J connectivity index is 1.71. The van der Waals surface area contributed by atoms with Crippen molar-refractivity contribution >= 4 is 11.6 Å². The lowest BCUT2D eigenvalue weighted by molar-refractivity contribution is -0.385. The van der Waals surface area contributed by atoms with Gasteiger partial charge in [-0.05, 0) is 12.8 Å². The third-order valence-electron chi connectivity index (χ3n) is 4.41. The fourth-order valence-electron chi connectivity index (χ4n) is 3.04. The van der Waals surface area contributed by atoms with Gasteiger partial charge < -0.3 is 15.4 Å². The minimum atomic E-state index is -0.367. The Labute approximate surface area is 149 Å². The van der Waals surface area contributed by atoms with Gasteiger partial charge in [-0.3, -0.25) is 15.1 Å². The molecule has 1 aromatic carbocycles. The highest BCUT2D eigenvalue weighted by Gasteiger charge is 2.13. The average molecular weight is 348 g/mol. The molecule has 1 fully saturated rings. The first-order chi connectivity index (χ1) is 12.2. The normalized spacial score (nSPS) is 16.3. The molecular weight excluding hydrogens is 320 g/mol. The zero-order valence-electron chi connectivity index (χ0n) is 14.9. The van der Waals surface area contributed by atoms with E-state index in [9.17, 15) is 10.1 Å². The van der Waals surface area contributed by atoms with E-state index in [2.05, 4.69) is 15.6 Å². The quantitative estimate of drug-likeness (QED) is 0.197. The second-order valence-electron chi connectivity index (χ2n) is 6.22.